The molecule has 0 saturated carbocycles. The summed E-state index contributed by atoms with van der Waals surface area (Å²) in [7, 11) is 0. The molecule has 0 aromatic carbocycles. The second kappa shape index (κ2) is 10.2. The van der Waals surface area contributed by atoms with Crippen molar-refractivity contribution in [2.75, 3.05) is 11.9 Å². The summed E-state index contributed by atoms with van der Waals surface area (Å²) >= 11 is 0. The number of allylic oxidation sites excluding steroid dienone is 2. The van der Waals surface area contributed by atoms with Gasteiger partial charge in [-0.1, -0.05) is 11.6 Å². The second-order valence-corrected chi connectivity index (χ2v) is 7.59. The highest BCUT2D eigenvalue weighted by Gasteiger charge is 2.09. The molecule has 0 aliphatic heterocycles. The molecule has 166 valence electrons. The molecule has 0 unspecified atom stereocenters. The fourth-order valence-electron chi connectivity index (χ4n) is 3.40. The Hall–Kier alpha value is -4.77. The van der Waals surface area contributed by atoms with Gasteiger partial charge in [-0.25, -0.2) is 9.97 Å². The zero-order valence-corrected chi connectivity index (χ0v) is 18.9. The molecule has 0 fully saturated rings. The second-order valence-electron chi connectivity index (χ2n) is 7.59. The van der Waals surface area contributed by atoms with Gasteiger partial charge < -0.3 is 5.32 Å². The highest BCUT2D eigenvalue weighted by atomic mass is 15.1. The van der Waals surface area contributed by atoms with E-state index in [-0.39, 0.29) is 0 Å². The highest BCUT2D eigenvalue weighted by Crippen LogP contribution is 2.22. The third-order valence-electron chi connectivity index (χ3n) is 5.03. The van der Waals surface area contributed by atoms with Crippen LogP contribution in [0, 0.1) is 18.3 Å². The molecule has 0 amide bonds. The zero-order chi connectivity index (χ0) is 23.9. The summed E-state index contributed by atoms with van der Waals surface area (Å²) in [6, 6.07) is 13.6. The average Bonchev–Trinajstić information content (AvgIpc) is 2.87. The summed E-state index contributed by atoms with van der Waals surface area (Å²) in [6.45, 7) is 7.90. The molecule has 0 radical (unpaired) electrons. The van der Waals surface area contributed by atoms with E-state index in [0.717, 1.165) is 33.4 Å². The molecule has 0 spiro atoms. The Labute approximate surface area is 197 Å². The molecule has 0 aliphatic rings. The van der Waals surface area contributed by atoms with E-state index < -0.39 is 0 Å². The number of rotatable bonds is 7. The number of fused-ring (bicyclic) bond motifs is 1. The molecule has 0 bridgehead atoms. The highest BCUT2D eigenvalue weighted by molar-refractivity contribution is 5.81. The van der Waals surface area contributed by atoms with Crippen molar-refractivity contribution in [3.63, 3.8) is 0 Å². The number of pyridine rings is 3. The fraction of sp³-hybridized carbons (Fsp3) is 0.115. The number of aromatic nitrogens is 5. The van der Waals surface area contributed by atoms with Crippen LogP contribution in [0.3, 0.4) is 0 Å². The van der Waals surface area contributed by atoms with E-state index in [1.807, 2.05) is 50.2 Å². The lowest BCUT2D eigenvalue weighted by Gasteiger charge is -2.08. The van der Waals surface area contributed by atoms with Crippen molar-refractivity contribution in [1.82, 2.24) is 24.9 Å². The normalized spacial score (nSPS) is 12.1. The quantitative estimate of drug-likeness (QED) is 0.247. The van der Waals surface area contributed by atoms with Crippen molar-refractivity contribution in [2.24, 2.45) is 4.99 Å². The molecule has 4 heterocycles. The van der Waals surface area contributed by atoms with Crippen LogP contribution in [0.25, 0.3) is 28.0 Å². The third-order valence-corrected chi connectivity index (χ3v) is 5.03. The summed E-state index contributed by atoms with van der Waals surface area (Å²) in [5, 5.41) is 13.9. The van der Waals surface area contributed by atoms with Gasteiger partial charge in [0.1, 0.15) is 6.07 Å². The number of hydrogen-bond donors (Lipinski definition) is 1. The van der Waals surface area contributed by atoms with Gasteiger partial charge in [-0.3, -0.25) is 19.9 Å². The van der Waals surface area contributed by atoms with Gasteiger partial charge in [-0.05, 0) is 57.0 Å². The molecule has 0 atom stereocenters. The molecule has 4 aromatic heterocycles. The number of anilines is 1. The van der Waals surface area contributed by atoms with E-state index in [0.29, 0.717) is 29.5 Å². The monoisotopic (exact) mass is 446 g/mol. The number of nitrogens with zero attached hydrogens (tertiary/aromatic N) is 7. The molecule has 1 N–H and O–H groups in total. The van der Waals surface area contributed by atoms with Crippen LogP contribution in [0.2, 0.25) is 0 Å². The van der Waals surface area contributed by atoms with E-state index >= 15 is 0 Å². The number of nitriles is 1. The van der Waals surface area contributed by atoms with Crippen LogP contribution in [0.4, 0.5) is 5.95 Å². The molecule has 8 heteroatoms. The molecular formula is C26H22N8. The van der Waals surface area contributed by atoms with Gasteiger partial charge in [0.05, 0.1) is 34.4 Å². The maximum atomic E-state index is 9.72. The SMILES string of the molecule is C=N/C(=C(C#N)\C=C(/C)CNc1nccc(-c2cc3cccnc3cn2)n1)c1ccnc(C)c1. The Kier molecular flexibility index (Phi) is 6.75. The zero-order valence-electron chi connectivity index (χ0n) is 18.9. The summed E-state index contributed by atoms with van der Waals surface area (Å²) < 4.78 is 0. The minimum absolute atomic E-state index is 0.420. The number of aliphatic imine (C=N–C) groups is 1. The Balaban J connectivity index is 1.53. The van der Waals surface area contributed by atoms with E-state index in [2.05, 4.69) is 48.0 Å². The lowest BCUT2D eigenvalue weighted by atomic mass is 10.1. The Morgan fingerprint density at radius 2 is 1.94 bits per heavy atom. The Bertz CT molecular complexity index is 1460. The van der Waals surface area contributed by atoms with E-state index in [4.69, 9.17) is 0 Å². The van der Waals surface area contributed by atoms with Crippen LogP contribution in [-0.2, 0) is 0 Å². The van der Waals surface area contributed by atoms with Crippen LogP contribution in [0.5, 0.6) is 0 Å². The molecular weight excluding hydrogens is 424 g/mol. The van der Waals surface area contributed by atoms with Crippen molar-refractivity contribution in [2.45, 2.75) is 13.8 Å². The number of nitrogens with one attached hydrogen (secondary N) is 1. The maximum absolute atomic E-state index is 9.72. The van der Waals surface area contributed by atoms with Crippen LogP contribution < -0.4 is 5.32 Å². The van der Waals surface area contributed by atoms with Gasteiger partial charge in [-0.2, -0.15) is 5.26 Å². The first kappa shape index (κ1) is 22.4. The summed E-state index contributed by atoms with van der Waals surface area (Å²) in [6.07, 6.45) is 8.64. The number of hydrogen-bond acceptors (Lipinski definition) is 8. The standard InChI is InChI=1S/C26H22N8/c1-17(11-21(14-27)25(28-3)20-6-9-29-18(2)12-20)15-33-26-31-10-7-22(34-26)23-13-19-5-4-8-30-24(19)16-32-23/h4-13,16H,3,15H2,1-2H3,(H,31,33,34)/b17-11+,25-21+. The van der Waals surface area contributed by atoms with Gasteiger partial charge in [-0.15, -0.1) is 0 Å². The van der Waals surface area contributed by atoms with Gasteiger partial charge in [0.15, 0.2) is 0 Å². The van der Waals surface area contributed by atoms with Crippen LogP contribution in [0.15, 0.2) is 83.4 Å². The lowest BCUT2D eigenvalue weighted by molar-refractivity contribution is 1.08. The third kappa shape index (κ3) is 5.16. The predicted octanol–water partition coefficient (Wildman–Crippen LogP) is 4.78. The van der Waals surface area contributed by atoms with Crippen molar-refractivity contribution >= 4 is 29.3 Å². The largest absolute Gasteiger partial charge is 0.350 e. The molecule has 34 heavy (non-hydrogen) atoms. The number of aryl methyl sites for hydroxylation is 1. The predicted molar refractivity (Wildman–Crippen MR) is 134 cm³/mol. The van der Waals surface area contributed by atoms with E-state index in [1.165, 1.54) is 0 Å². The minimum Gasteiger partial charge on any atom is -0.350 e. The Morgan fingerprint density at radius 3 is 2.74 bits per heavy atom. The van der Waals surface area contributed by atoms with Crippen molar-refractivity contribution in [3.8, 4) is 17.5 Å². The average molecular weight is 447 g/mol. The van der Waals surface area contributed by atoms with Crippen LogP contribution in [0.1, 0.15) is 18.2 Å². The van der Waals surface area contributed by atoms with E-state index in [1.54, 1.807) is 30.9 Å². The summed E-state index contributed by atoms with van der Waals surface area (Å²) in [4.78, 5) is 25.9. The molecule has 4 aromatic rings. The fourth-order valence-corrected chi connectivity index (χ4v) is 3.40. The first-order valence-corrected chi connectivity index (χ1v) is 10.6. The maximum Gasteiger partial charge on any atom is 0.223 e. The van der Waals surface area contributed by atoms with Crippen molar-refractivity contribution in [3.05, 3.63) is 89.7 Å². The summed E-state index contributed by atoms with van der Waals surface area (Å²) in [5.41, 5.74) is 5.75. The van der Waals surface area contributed by atoms with Crippen molar-refractivity contribution in [1.29, 1.82) is 5.26 Å². The van der Waals surface area contributed by atoms with E-state index in [9.17, 15) is 5.26 Å². The van der Waals surface area contributed by atoms with Crippen LogP contribution >= 0.6 is 0 Å². The van der Waals surface area contributed by atoms with Gasteiger partial charge in [0.2, 0.25) is 5.95 Å². The van der Waals surface area contributed by atoms with Gasteiger partial charge in [0, 0.05) is 41.8 Å². The molecule has 0 aliphatic carbocycles. The molecule has 0 saturated heterocycles. The first-order chi connectivity index (χ1) is 16.6. The summed E-state index contributed by atoms with van der Waals surface area (Å²) in [5.74, 6) is 0.465. The molecule has 8 nitrogen and oxygen atoms in total. The Morgan fingerprint density at radius 1 is 1.09 bits per heavy atom. The van der Waals surface area contributed by atoms with Gasteiger partial charge in [0.25, 0.3) is 0 Å². The topological polar surface area (TPSA) is 113 Å². The lowest BCUT2D eigenvalue weighted by Crippen LogP contribution is -2.07. The smallest absolute Gasteiger partial charge is 0.223 e. The van der Waals surface area contributed by atoms with Crippen LogP contribution in [-0.4, -0.2) is 38.2 Å². The minimum atomic E-state index is 0.420. The first-order valence-electron chi connectivity index (χ1n) is 10.6. The van der Waals surface area contributed by atoms with Crippen molar-refractivity contribution < 1.29 is 0 Å². The molecule has 4 rings (SSSR count). The van der Waals surface area contributed by atoms with Gasteiger partial charge >= 0.3 is 0 Å².